The maximum atomic E-state index is 14.8. The number of carbonyl (C=O) groups excluding carboxylic acids is 3. The van der Waals surface area contributed by atoms with E-state index < -0.39 is 42.0 Å². The molecule has 11 nitrogen and oxygen atoms in total. The molecule has 10 rings (SSSR count). The van der Waals surface area contributed by atoms with Crippen LogP contribution >= 0.6 is 30.4 Å². The zero-order valence-corrected chi connectivity index (χ0v) is 45.1. The number of hydrogen-bond acceptors (Lipinski definition) is 11. The lowest BCUT2D eigenvalue weighted by Gasteiger charge is -2.50. The summed E-state index contributed by atoms with van der Waals surface area (Å²) in [6, 6.07) is 68.0. The number of β-lactam (4-membered cyclic amide) rings is 1. The van der Waals surface area contributed by atoms with Crippen molar-refractivity contribution in [3.8, 4) is 5.75 Å². The molecule has 7 aromatic carbocycles. The van der Waals surface area contributed by atoms with Crippen molar-refractivity contribution in [3.05, 3.63) is 251 Å². The van der Waals surface area contributed by atoms with E-state index in [1.807, 2.05) is 133 Å². The lowest BCUT2D eigenvalue weighted by atomic mass is 9.77. The van der Waals surface area contributed by atoms with Gasteiger partial charge in [0.1, 0.15) is 71.0 Å². The van der Waals surface area contributed by atoms with Crippen molar-refractivity contribution in [2.45, 2.75) is 23.6 Å². The fourth-order valence-electron chi connectivity index (χ4n) is 9.67. The van der Waals surface area contributed by atoms with Gasteiger partial charge in [-0.15, -0.1) is 23.1 Å². The van der Waals surface area contributed by atoms with Crippen molar-refractivity contribution < 1.29 is 52.7 Å². The standard InChI is InChI=1S/C59H50N5O6PS2.HI/c1-68-46-35-33-41(34-36-46)37-70-57(67)53-42(38-71(47-27-15-6-16-28-47,48-29-17-7-18-30-48)49-31-19-8-20-32-49)39-72-56-52(55(66)64(53)56)61-54(65)51(63-69-2)50-40-73-58(60-50)62-59(43-21-9-3-10-22-43,44-23-11-4-12-24-44)45-25-13-5-14-26-45;/h3-36,40,52,56H,37-39H2,1-2H3,(H-,60,61,62,65);1H/b63-51-;/t52-,56-;/m1./s1. The van der Waals surface area contributed by atoms with E-state index in [9.17, 15) is 14.4 Å². The van der Waals surface area contributed by atoms with Gasteiger partial charge in [-0.1, -0.05) is 163 Å². The highest BCUT2D eigenvalue weighted by atomic mass is 127. The number of esters is 1. The Kier molecular flexibility index (Phi) is 16.4. The van der Waals surface area contributed by atoms with Gasteiger partial charge in [-0.3, -0.25) is 14.5 Å². The number of benzene rings is 7. The van der Waals surface area contributed by atoms with Crippen molar-refractivity contribution >= 4 is 74.9 Å². The number of hydrogen-bond donors (Lipinski definition) is 2. The van der Waals surface area contributed by atoms with Crippen LogP contribution in [0.25, 0.3) is 0 Å². The summed E-state index contributed by atoms with van der Waals surface area (Å²) in [5.74, 6) is -0.648. The van der Waals surface area contributed by atoms with E-state index in [1.165, 1.54) is 35.1 Å². The molecule has 74 heavy (non-hydrogen) atoms. The summed E-state index contributed by atoms with van der Waals surface area (Å²) in [6.07, 6.45) is 0.462. The van der Waals surface area contributed by atoms with E-state index in [0.717, 1.165) is 43.7 Å². The van der Waals surface area contributed by atoms with E-state index in [1.54, 1.807) is 12.5 Å². The van der Waals surface area contributed by atoms with E-state index in [4.69, 9.17) is 19.3 Å². The number of ether oxygens (including phenoxy) is 2. The number of anilines is 1. The minimum Gasteiger partial charge on any atom is -1.00 e. The molecule has 372 valence electrons. The van der Waals surface area contributed by atoms with Crippen molar-refractivity contribution in [1.82, 2.24) is 15.2 Å². The molecule has 2 atom stereocenters. The van der Waals surface area contributed by atoms with Gasteiger partial charge in [0.25, 0.3) is 11.8 Å². The highest BCUT2D eigenvalue weighted by Crippen LogP contribution is 2.58. The number of rotatable bonds is 18. The number of thiazole rings is 1. The van der Waals surface area contributed by atoms with E-state index in [-0.39, 0.29) is 47.7 Å². The number of oxime groups is 1. The summed E-state index contributed by atoms with van der Waals surface area (Å²) < 4.78 is 11.5. The number of amides is 2. The van der Waals surface area contributed by atoms with Crippen LogP contribution in [0.2, 0.25) is 0 Å². The molecule has 0 saturated carbocycles. The second kappa shape index (κ2) is 23.4. The number of carbonyl (C=O) groups is 3. The third kappa shape index (κ3) is 10.2. The van der Waals surface area contributed by atoms with Crippen LogP contribution < -0.4 is 55.3 Å². The largest absolute Gasteiger partial charge is 1.00 e. The van der Waals surface area contributed by atoms with Crippen LogP contribution in [0.1, 0.15) is 27.9 Å². The summed E-state index contributed by atoms with van der Waals surface area (Å²) in [4.78, 5) is 55.7. The molecule has 2 aliphatic heterocycles. The Hall–Kier alpha value is -7.10. The maximum absolute atomic E-state index is 14.8. The molecular weight excluding hydrogens is 1100 g/mol. The summed E-state index contributed by atoms with van der Waals surface area (Å²) in [7, 11) is 0.427. The molecule has 2 aliphatic rings. The number of aromatic nitrogens is 1. The second-order valence-electron chi connectivity index (χ2n) is 17.3. The third-order valence-electron chi connectivity index (χ3n) is 13.1. The fraction of sp³-hybridized carbons (Fsp3) is 0.136. The van der Waals surface area contributed by atoms with Gasteiger partial charge in [0.2, 0.25) is 0 Å². The van der Waals surface area contributed by atoms with Gasteiger partial charge >= 0.3 is 5.97 Å². The van der Waals surface area contributed by atoms with Gasteiger partial charge in [0.05, 0.1) is 13.3 Å². The smallest absolute Gasteiger partial charge is 0.355 e. The topological polar surface area (TPSA) is 131 Å². The molecule has 0 spiro atoms. The number of fused-ring (bicyclic) bond motifs is 1. The Labute approximate surface area is 456 Å². The first-order valence-electron chi connectivity index (χ1n) is 23.7. The highest BCUT2D eigenvalue weighted by molar-refractivity contribution is 8.00. The number of halogens is 1. The molecule has 15 heteroatoms. The lowest BCUT2D eigenvalue weighted by Crippen LogP contribution is -3.00. The first-order chi connectivity index (χ1) is 35.8. The highest BCUT2D eigenvalue weighted by Gasteiger charge is 2.57. The van der Waals surface area contributed by atoms with Gasteiger partial charge in [0, 0.05) is 16.7 Å². The van der Waals surface area contributed by atoms with Crippen LogP contribution in [0, 0.1) is 0 Å². The van der Waals surface area contributed by atoms with Crippen LogP contribution in [0.15, 0.2) is 228 Å². The van der Waals surface area contributed by atoms with Crippen LogP contribution in [-0.2, 0) is 36.1 Å². The summed E-state index contributed by atoms with van der Waals surface area (Å²) >= 11 is 2.82. The van der Waals surface area contributed by atoms with Gasteiger partial charge < -0.3 is 48.9 Å². The lowest BCUT2D eigenvalue weighted by molar-refractivity contribution is -0.153. The van der Waals surface area contributed by atoms with Gasteiger partial charge in [-0.2, -0.15) is 0 Å². The Morgan fingerprint density at radius 2 is 1.19 bits per heavy atom. The van der Waals surface area contributed by atoms with Crippen molar-refractivity contribution in [2.24, 2.45) is 5.16 Å². The third-order valence-corrected chi connectivity index (χ3v) is 19.6. The minimum absolute atomic E-state index is 0. The SMILES string of the molecule is CO/N=C(\C(=O)N[C@@H]1C(=O)N2C(C(=O)OCc3ccc(OC)cc3)=C(C[P+](c3ccccc3)(c3ccccc3)c3ccccc3)CS[C@H]12)c1csc(NC(c2ccccc2)(c2ccccc2)c2ccccc2)n1.[I-]. The van der Waals surface area contributed by atoms with Crippen LogP contribution in [0.4, 0.5) is 5.13 Å². The van der Waals surface area contributed by atoms with Crippen LogP contribution in [0.3, 0.4) is 0 Å². The first-order valence-corrected chi connectivity index (χ1v) is 27.6. The quantitative estimate of drug-likeness (QED) is 0.0194. The van der Waals surface area contributed by atoms with Crippen molar-refractivity contribution in [1.29, 1.82) is 0 Å². The molecule has 1 fully saturated rings. The monoisotopic (exact) mass is 1150 g/mol. The Morgan fingerprint density at radius 3 is 1.66 bits per heavy atom. The van der Waals surface area contributed by atoms with Crippen LogP contribution in [0.5, 0.6) is 5.75 Å². The Bertz CT molecular complexity index is 3070. The molecule has 3 heterocycles. The number of nitrogens with zero attached hydrogens (tertiary/aromatic N) is 3. The molecule has 1 saturated heterocycles. The van der Waals surface area contributed by atoms with Gasteiger partial charge in [-0.05, 0) is 70.8 Å². The van der Waals surface area contributed by atoms with E-state index in [2.05, 4.69) is 88.6 Å². The summed E-state index contributed by atoms with van der Waals surface area (Å²) in [5, 5.41) is 15.9. The summed E-state index contributed by atoms with van der Waals surface area (Å²) in [6.45, 7) is -0.0273. The summed E-state index contributed by atoms with van der Waals surface area (Å²) in [5.41, 5.74) is 3.97. The Morgan fingerprint density at radius 1 is 0.703 bits per heavy atom. The van der Waals surface area contributed by atoms with Crippen molar-refractivity contribution in [2.75, 3.05) is 31.5 Å². The second-order valence-corrected chi connectivity index (χ2v) is 22.8. The van der Waals surface area contributed by atoms with Gasteiger partial charge in [0.15, 0.2) is 10.8 Å². The molecular formula is C59H51IN5O6PS2. The predicted molar refractivity (Wildman–Crippen MR) is 293 cm³/mol. The average molecular weight is 1150 g/mol. The molecule has 2 amide bonds. The molecule has 0 bridgehead atoms. The zero-order valence-electron chi connectivity index (χ0n) is 40.4. The minimum atomic E-state index is -2.53. The molecule has 2 N–H and O–H groups in total. The predicted octanol–water partition coefficient (Wildman–Crippen LogP) is 6.30. The molecule has 1 aromatic heterocycles. The average Bonchev–Trinajstić information content (AvgIpc) is 3.93. The fourth-order valence-corrected chi connectivity index (χ4v) is 16.2. The van der Waals surface area contributed by atoms with E-state index in [0.29, 0.717) is 22.8 Å². The molecule has 0 radical (unpaired) electrons. The van der Waals surface area contributed by atoms with Crippen molar-refractivity contribution in [3.63, 3.8) is 0 Å². The van der Waals surface area contributed by atoms with Gasteiger partial charge in [-0.25, -0.2) is 9.78 Å². The molecule has 0 aliphatic carbocycles. The first kappa shape index (κ1) is 51.8. The Balaban J connectivity index is 0.00000672. The molecule has 8 aromatic rings. The van der Waals surface area contributed by atoms with Crippen LogP contribution in [-0.4, -0.2) is 70.9 Å². The maximum Gasteiger partial charge on any atom is 0.355 e. The number of thioether (sulfide) groups is 1. The number of methoxy groups -OCH3 is 1. The number of nitrogens with one attached hydrogen (secondary N) is 2. The molecule has 0 unspecified atom stereocenters. The zero-order chi connectivity index (χ0) is 50.2. The van der Waals surface area contributed by atoms with E-state index >= 15 is 0 Å². The normalized spacial score (nSPS) is 15.5.